The third kappa shape index (κ3) is 5.28. The van der Waals surface area contributed by atoms with Crippen LogP contribution in [0.5, 0.6) is 0 Å². The van der Waals surface area contributed by atoms with Crippen LogP contribution in [0.15, 0.2) is 223 Å². The molecule has 13 aromatic rings. The molecule has 1 aliphatic carbocycles. The minimum absolute atomic E-state index is 0.908. The van der Waals surface area contributed by atoms with Gasteiger partial charge in [0.05, 0.1) is 22.1 Å². The molecule has 0 N–H and O–H groups in total. The fourth-order valence-corrected chi connectivity index (χ4v) is 10.7. The smallest absolute Gasteiger partial charge is 0.136 e. The van der Waals surface area contributed by atoms with E-state index in [1.54, 1.807) is 0 Å². The highest BCUT2D eigenvalue weighted by Gasteiger charge is 2.22. The topological polar surface area (TPSA) is 23.0 Å². The summed E-state index contributed by atoms with van der Waals surface area (Å²) in [5.74, 6) is 0. The van der Waals surface area contributed by atoms with Crippen molar-refractivity contribution in [2.75, 3.05) is 0 Å². The summed E-state index contributed by atoms with van der Waals surface area (Å²) in [6.07, 6.45) is 0.951. The zero-order chi connectivity index (χ0) is 41.9. The molecule has 0 unspecified atom stereocenters. The van der Waals surface area contributed by atoms with Crippen molar-refractivity contribution in [1.82, 2.24) is 9.13 Å². The van der Waals surface area contributed by atoms with Crippen molar-refractivity contribution in [2.45, 2.75) is 6.42 Å². The molecule has 10 aromatic carbocycles. The Morgan fingerprint density at radius 2 is 0.750 bits per heavy atom. The Hall–Kier alpha value is -8.40. The molecule has 3 nitrogen and oxygen atoms in total. The number of benzene rings is 10. The van der Waals surface area contributed by atoms with Crippen molar-refractivity contribution >= 4 is 65.6 Å². The Kier molecular flexibility index (Phi) is 7.46. The van der Waals surface area contributed by atoms with E-state index in [1.807, 2.05) is 12.1 Å². The monoisotopic (exact) mass is 814 g/mol. The molecule has 0 amide bonds. The second-order valence-electron chi connectivity index (χ2n) is 17.3. The van der Waals surface area contributed by atoms with Crippen LogP contribution in [0.3, 0.4) is 0 Å². The van der Waals surface area contributed by atoms with Crippen LogP contribution >= 0.6 is 0 Å². The molecule has 0 saturated carbocycles. The average molecular weight is 815 g/mol. The number of furan rings is 1. The maximum Gasteiger partial charge on any atom is 0.136 e. The van der Waals surface area contributed by atoms with E-state index in [-0.39, 0.29) is 0 Å². The van der Waals surface area contributed by atoms with Gasteiger partial charge in [0.25, 0.3) is 0 Å². The summed E-state index contributed by atoms with van der Waals surface area (Å²) < 4.78 is 11.1. The Balaban J connectivity index is 0.836. The normalized spacial score (nSPS) is 12.3. The summed E-state index contributed by atoms with van der Waals surface area (Å²) in [6, 6.07) is 80.1. The molecule has 64 heavy (non-hydrogen) atoms. The maximum absolute atomic E-state index is 6.28. The van der Waals surface area contributed by atoms with Gasteiger partial charge in [-0.05, 0) is 153 Å². The second-order valence-corrected chi connectivity index (χ2v) is 17.3. The predicted octanol–water partition coefficient (Wildman–Crippen LogP) is 16.4. The van der Waals surface area contributed by atoms with E-state index < -0.39 is 0 Å². The molecule has 298 valence electrons. The van der Waals surface area contributed by atoms with Crippen LogP contribution in [-0.2, 0) is 6.42 Å². The Labute approximate surface area is 369 Å². The van der Waals surface area contributed by atoms with E-state index in [0.717, 1.165) is 45.2 Å². The summed E-state index contributed by atoms with van der Waals surface area (Å²) in [7, 11) is 0. The quantitative estimate of drug-likeness (QED) is 0.170. The highest BCUT2D eigenvalue weighted by atomic mass is 16.3. The number of hydrogen-bond acceptors (Lipinski definition) is 1. The Morgan fingerprint density at radius 3 is 1.42 bits per heavy atom. The lowest BCUT2D eigenvalue weighted by molar-refractivity contribution is 0.669. The van der Waals surface area contributed by atoms with Crippen LogP contribution in [0.1, 0.15) is 11.1 Å². The van der Waals surface area contributed by atoms with E-state index in [2.05, 4.69) is 215 Å². The molecule has 14 rings (SSSR count). The molecule has 0 radical (unpaired) electrons. The van der Waals surface area contributed by atoms with Gasteiger partial charge < -0.3 is 13.6 Å². The van der Waals surface area contributed by atoms with Crippen molar-refractivity contribution in [2.24, 2.45) is 0 Å². The van der Waals surface area contributed by atoms with Crippen molar-refractivity contribution in [3.8, 4) is 55.9 Å². The van der Waals surface area contributed by atoms with Crippen molar-refractivity contribution in [3.05, 3.63) is 230 Å². The van der Waals surface area contributed by atoms with Crippen LogP contribution in [0.25, 0.3) is 121 Å². The van der Waals surface area contributed by atoms with Crippen molar-refractivity contribution in [3.63, 3.8) is 0 Å². The third-order valence-electron chi connectivity index (χ3n) is 13.7. The lowest BCUT2D eigenvalue weighted by Gasteiger charge is -2.11. The number of rotatable bonds is 5. The van der Waals surface area contributed by atoms with E-state index in [9.17, 15) is 0 Å². The molecule has 3 aromatic heterocycles. The predicted molar refractivity (Wildman–Crippen MR) is 267 cm³/mol. The molecule has 0 spiro atoms. The van der Waals surface area contributed by atoms with Gasteiger partial charge in [0.1, 0.15) is 11.2 Å². The maximum atomic E-state index is 6.28. The van der Waals surface area contributed by atoms with Crippen LogP contribution in [0.4, 0.5) is 0 Å². The number of nitrogens with zero attached hydrogens (tertiary/aromatic N) is 2. The van der Waals surface area contributed by atoms with E-state index >= 15 is 0 Å². The Bertz CT molecular complexity index is 4050. The first-order valence-corrected chi connectivity index (χ1v) is 22.1. The van der Waals surface area contributed by atoms with Crippen LogP contribution in [0.2, 0.25) is 0 Å². The summed E-state index contributed by atoms with van der Waals surface area (Å²) in [4.78, 5) is 0. The zero-order valence-corrected chi connectivity index (χ0v) is 34.8. The first-order valence-electron chi connectivity index (χ1n) is 22.1. The second kappa shape index (κ2) is 13.5. The van der Waals surface area contributed by atoms with E-state index in [4.69, 9.17) is 4.42 Å². The molecule has 3 heterocycles. The lowest BCUT2D eigenvalue weighted by atomic mass is 9.95. The minimum atomic E-state index is 0.908. The van der Waals surface area contributed by atoms with E-state index in [0.29, 0.717) is 0 Å². The fourth-order valence-electron chi connectivity index (χ4n) is 10.7. The zero-order valence-electron chi connectivity index (χ0n) is 34.8. The lowest BCUT2D eigenvalue weighted by Crippen LogP contribution is -1.94. The van der Waals surface area contributed by atoms with Crippen molar-refractivity contribution < 1.29 is 4.42 Å². The fraction of sp³-hybridized carbons (Fsp3) is 0.0164. The average Bonchev–Trinajstić information content (AvgIpc) is 4.11. The van der Waals surface area contributed by atoms with Crippen LogP contribution in [-0.4, -0.2) is 9.13 Å². The minimum Gasteiger partial charge on any atom is -0.456 e. The van der Waals surface area contributed by atoms with Gasteiger partial charge in [0.2, 0.25) is 0 Å². The SMILES string of the molecule is c1ccc(-n2c3ccccc3c3cc(-c4ccc5c(c4)-c4cc(-c6ccc7c(c6)c6ccccc6n7-c6cccc(-c7ccc8c(c7)oc7ccccc78)c6)ccc4C5)ccc32)cc1. The number of fused-ring (bicyclic) bond motifs is 12. The first kappa shape index (κ1) is 35.2. The summed E-state index contributed by atoms with van der Waals surface area (Å²) in [6.45, 7) is 0. The standard InChI is InChI=1S/C61H38N2O/c1-2-12-46(13-3-1)62-56-18-7-4-15-48(56)54-35-41(26-29-58(54)62)39-21-23-44-31-45-24-22-40(34-53(45)52(44)33-39)42-27-30-59-55(36-42)49-16-5-8-19-57(49)63(59)47-14-10-11-38(32-47)43-25-28-51-50-17-6-9-20-60(50)64-61(51)37-43/h1-30,32-37H,31H2. The molecule has 0 fully saturated rings. The van der Waals surface area contributed by atoms with Gasteiger partial charge >= 0.3 is 0 Å². The molecule has 0 atom stereocenters. The van der Waals surface area contributed by atoms with Crippen LogP contribution in [0, 0.1) is 0 Å². The molecule has 3 heteroatoms. The molecular formula is C61H38N2O. The van der Waals surface area contributed by atoms with Crippen LogP contribution < -0.4 is 0 Å². The largest absolute Gasteiger partial charge is 0.456 e. The van der Waals surface area contributed by atoms with Gasteiger partial charge in [-0.25, -0.2) is 0 Å². The number of hydrogen-bond donors (Lipinski definition) is 0. The molecule has 0 aliphatic heterocycles. The van der Waals surface area contributed by atoms with Gasteiger partial charge in [-0.2, -0.15) is 0 Å². The van der Waals surface area contributed by atoms with Gasteiger partial charge in [0.15, 0.2) is 0 Å². The summed E-state index contributed by atoms with van der Waals surface area (Å²) >= 11 is 0. The molecular weight excluding hydrogens is 777 g/mol. The Morgan fingerprint density at radius 1 is 0.281 bits per heavy atom. The van der Waals surface area contributed by atoms with Gasteiger partial charge in [-0.15, -0.1) is 0 Å². The van der Waals surface area contributed by atoms with Gasteiger partial charge in [-0.3, -0.25) is 0 Å². The highest BCUT2D eigenvalue weighted by Crippen LogP contribution is 2.44. The first-order chi connectivity index (χ1) is 31.7. The van der Waals surface area contributed by atoms with E-state index in [1.165, 1.54) is 93.8 Å². The molecule has 0 bridgehead atoms. The van der Waals surface area contributed by atoms with Gasteiger partial charge in [0, 0.05) is 43.7 Å². The molecule has 1 aliphatic rings. The molecule has 0 saturated heterocycles. The van der Waals surface area contributed by atoms with Gasteiger partial charge in [-0.1, -0.05) is 127 Å². The van der Waals surface area contributed by atoms with Crippen molar-refractivity contribution in [1.29, 1.82) is 0 Å². The summed E-state index contributed by atoms with van der Waals surface area (Å²) in [5, 5.41) is 7.32. The summed E-state index contributed by atoms with van der Waals surface area (Å²) in [5.41, 5.74) is 21.6. The number of para-hydroxylation sites is 4. The number of aromatic nitrogens is 2. The third-order valence-corrected chi connectivity index (χ3v) is 13.7. The highest BCUT2D eigenvalue weighted by molar-refractivity contribution is 6.12.